The number of ketones is 1. The van der Waals surface area contributed by atoms with Gasteiger partial charge in [0.2, 0.25) is 0 Å². The van der Waals surface area contributed by atoms with E-state index < -0.39 is 0 Å². The van der Waals surface area contributed by atoms with Crippen molar-refractivity contribution >= 4 is 28.3 Å². The molecule has 7 heteroatoms. The Kier molecular flexibility index (Phi) is 5.72. The fourth-order valence-electron chi connectivity index (χ4n) is 4.55. The first-order valence-corrected chi connectivity index (χ1v) is 11.5. The molecule has 2 aromatic heterocycles. The molecule has 4 aromatic rings. The van der Waals surface area contributed by atoms with Crippen LogP contribution in [0, 0.1) is 5.92 Å². The molecular formula is C26H27ClN4O2. The van der Waals surface area contributed by atoms with E-state index in [0.29, 0.717) is 18.1 Å². The minimum absolute atomic E-state index is 0.113. The highest BCUT2D eigenvalue weighted by atomic mass is 35.5. The van der Waals surface area contributed by atoms with E-state index in [4.69, 9.17) is 16.3 Å². The highest BCUT2D eigenvalue weighted by molar-refractivity contribution is 6.30. The molecule has 6 nitrogen and oxygen atoms in total. The Labute approximate surface area is 198 Å². The van der Waals surface area contributed by atoms with Crippen LogP contribution in [0.1, 0.15) is 15.9 Å². The number of likely N-dealkylation sites (N-methyl/N-ethyl adjacent to an activating group) is 1. The second-order valence-electron chi connectivity index (χ2n) is 8.94. The number of halogens is 1. The first-order valence-electron chi connectivity index (χ1n) is 11.1. The molecule has 0 saturated heterocycles. The zero-order valence-corrected chi connectivity index (χ0v) is 19.8. The van der Waals surface area contributed by atoms with E-state index in [2.05, 4.69) is 46.9 Å². The molecule has 1 unspecified atom stereocenters. The van der Waals surface area contributed by atoms with Gasteiger partial charge in [-0.25, -0.2) is 0 Å². The molecule has 0 saturated carbocycles. The van der Waals surface area contributed by atoms with Crippen molar-refractivity contribution in [3.63, 3.8) is 0 Å². The SMILES string of the molecule is CN(C)CCn1cc(C(=O)C2COc3ccc(Cl)cc3C2)c2ccc(-c3ccnn3C)cc21. The quantitative estimate of drug-likeness (QED) is 0.390. The van der Waals surface area contributed by atoms with Crippen LogP contribution < -0.4 is 4.74 Å². The number of fused-ring (bicyclic) bond motifs is 2. The summed E-state index contributed by atoms with van der Waals surface area (Å²) in [6, 6.07) is 13.9. The van der Waals surface area contributed by atoms with Crippen LogP contribution in [0.25, 0.3) is 22.2 Å². The summed E-state index contributed by atoms with van der Waals surface area (Å²) in [7, 11) is 6.05. The smallest absolute Gasteiger partial charge is 0.171 e. The van der Waals surface area contributed by atoms with Gasteiger partial charge in [-0.3, -0.25) is 9.48 Å². The van der Waals surface area contributed by atoms with Crippen molar-refractivity contribution in [1.82, 2.24) is 19.2 Å². The predicted octanol–water partition coefficient (Wildman–Crippen LogP) is 4.69. The van der Waals surface area contributed by atoms with Crippen LogP contribution in [0.2, 0.25) is 5.02 Å². The summed E-state index contributed by atoms with van der Waals surface area (Å²) in [5.74, 6) is 0.695. The Morgan fingerprint density at radius 3 is 2.82 bits per heavy atom. The van der Waals surface area contributed by atoms with Crippen molar-refractivity contribution in [2.75, 3.05) is 27.2 Å². The van der Waals surface area contributed by atoms with Gasteiger partial charge in [0.05, 0.1) is 18.2 Å². The molecule has 3 heterocycles. The van der Waals surface area contributed by atoms with E-state index in [-0.39, 0.29) is 11.7 Å². The predicted molar refractivity (Wildman–Crippen MR) is 131 cm³/mol. The Morgan fingerprint density at radius 1 is 1.21 bits per heavy atom. The molecule has 0 bridgehead atoms. The maximum Gasteiger partial charge on any atom is 0.171 e. The highest BCUT2D eigenvalue weighted by Gasteiger charge is 2.29. The number of nitrogens with zero attached hydrogens (tertiary/aromatic N) is 4. The minimum Gasteiger partial charge on any atom is -0.493 e. The molecule has 2 aromatic carbocycles. The number of carbonyl (C=O) groups excluding carboxylic acids is 1. The van der Waals surface area contributed by atoms with Crippen LogP contribution in [-0.2, 0) is 20.0 Å². The van der Waals surface area contributed by atoms with Gasteiger partial charge in [-0.2, -0.15) is 5.10 Å². The largest absolute Gasteiger partial charge is 0.493 e. The number of aromatic nitrogens is 3. The van der Waals surface area contributed by atoms with Gasteiger partial charge in [-0.05, 0) is 56.4 Å². The average molecular weight is 463 g/mol. The van der Waals surface area contributed by atoms with Gasteiger partial charge in [-0.15, -0.1) is 0 Å². The van der Waals surface area contributed by atoms with Gasteiger partial charge in [0.1, 0.15) is 5.75 Å². The number of benzene rings is 2. The van der Waals surface area contributed by atoms with Crippen molar-refractivity contribution in [2.45, 2.75) is 13.0 Å². The van der Waals surface area contributed by atoms with Crippen LogP contribution in [0.4, 0.5) is 0 Å². The Balaban J connectivity index is 1.53. The van der Waals surface area contributed by atoms with E-state index in [0.717, 1.165) is 52.1 Å². The molecule has 0 aliphatic carbocycles. The zero-order chi connectivity index (χ0) is 23.1. The maximum absolute atomic E-state index is 13.7. The maximum atomic E-state index is 13.7. The van der Waals surface area contributed by atoms with Crippen molar-refractivity contribution in [3.8, 4) is 17.0 Å². The lowest BCUT2D eigenvalue weighted by Crippen LogP contribution is -2.28. The average Bonchev–Trinajstić information content (AvgIpc) is 3.39. The first-order chi connectivity index (χ1) is 15.9. The fourth-order valence-corrected chi connectivity index (χ4v) is 4.74. The van der Waals surface area contributed by atoms with Gasteiger partial charge in [-0.1, -0.05) is 23.7 Å². The van der Waals surface area contributed by atoms with Crippen LogP contribution in [0.3, 0.4) is 0 Å². The lowest BCUT2D eigenvalue weighted by atomic mass is 9.89. The molecule has 0 N–H and O–H groups in total. The van der Waals surface area contributed by atoms with Crippen molar-refractivity contribution in [1.29, 1.82) is 0 Å². The minimum atomic E-state index is -0.236. The molecule has 0 spiro atoms. The van der Waals surface area contributed by atoms with E-state index in [1.807, 2.05) is 42.2 Å². The Hall–Kier alpha value is -3.09. The second kappa shape index (κ2) is 8.69. The van der Waals surface area contributed by atoms with Gasteiger partial charge in [0, 0.05) is 59.6 Å². The van der Waals surface area contributed by atoms with Gasteiger partial charge >= 0.3 is 0 Å². The summed E-state index contributed by atoms with van der Waals surface area (Å²) >= 11 is 6.18. The number of aryl methyl sites for hydroxylation is 1. The summed E-state index contributed by atoms with van der Waals surface area (Å²) in [4.78, 5) is 15.8. The molecule has 33 heavy (non-hydrogen) atoms. The number of rotatable bonds is 6. The second-order valence-corrected chi connectivity index (χ2v) is 9.38. The topological polar surface area (TPSA) is 52.3 Å². The fraction of sp³-hybridized carbons (Fsp3) is 0.308. The van der Waals surface area contributed by atoms with Crippen LogP contribution >= 0.6 is 11.6 Å². The number of hydrogen-bond donors (Lipinski definition) is 0. The molecule has 0 amide bonds. The van der Waals surface area contributed by atoms with E-state index in [1.54, 1.807) is 6.20 Å². The van der Waals surface area contributed by atoms with Gasteiger partial charge in [0.25, 0.3) is 0 Å². The zero-order valence-electron chi connectivity index (χ0n) is 19.1. The molecule has 0 radical (unpaired) electrons. The monoisotopic (exact) mass is 462 g/mol. The van der Waals surface area contributed by atoms with Crippen molar-refractivity contribution in [2.24, 2.45) is 13.0 Å². The summed E-state index contributed by atoms with van der Waals surface area (Å²) in [5, 5.41) is 5.93. The number of carbonyl (C=O) groups is 1. The van der Waals surface area contributed by atoms with Gasteiger partial charge < -0.3 is 14.2 Å². The molecule has 0 fully saturated rings. The number of ether oxygens (including phenoxy) is 1. The van der Waals surface area contributed by atoms with E-state index in [9.17, 15) is 4.79 Å². The van der Waals surface area contributed by atoms with Crippen LogP contribution in [0.5, 0.6) is 5.75 Å². The lowest BCUT2D eigenvalue weighted by Gasteiger charge is -2.24. The third-order valence-electron chi connectivity index (χ3n) is 6.35. The Bertz CT molecular complexity index is 1340. The highest BCUT2D eigenvalue weighted by Crippen LogP contribution is 2.34. The van der Waals surface area contributed by atoms with E-state index >= 15 is 0 Å². The lowest BCUT2D eigenvalue weighted by molar-refractivity contribution is 0.0856. The summed E-state index contributed by atoms with van der Waals surface area (Å²) in [5.41, 5.74) is 4.91. The summed E-state index contributed by atoms with van der Waals surface area (Å²) in [6.07, 6.45) is 4.44. The molecule has 170 valence electrons. The number of Topliss-reactive ketones (excluding diaryl/α,β-unsaturated/α-hetero) is 1. The standard InChI is InChI=1S/C26H27ClN4O2/c1-29(2)10-11-31-15-22(21-6-4-17(14-24(21)31)23-8-9-28-30(23)3)26(32)19-12-18-13-20(27)5-7-25(18)33-16-19/h4-9,13-15,19H,10-12,16H2,1-3H3. The number of hydrogen-bond acceptors (Lipinski definition) is 4. The summed E-state index contributed by atoms with van der Waals surface area (Å²) in [6.45, 7) is 2.06. The molecule has 1 atom stereocenters. The Morgan fingerprint density at radius 2 is 2.06 bits per heavy atom. The molecule has 1 aliphatic heterocycles. The molecule has 5 rings (SSSR count). The van der Waals surface area contributed by atoms with Crippen LogP contribution in [0.15, 0.2) is 54.9 Å². The van der Waals surface area contributed by atoms with Crippen molar-refractivity contribution < 1.29 is 9.53 Å². The molecular weight excluding hydrogens is 436 g/mol. The third-order valence-corrected chi connectivity index (χ3v) is 6.59. The van der Waals surface area contributed by atoms with Crippen LogP contribution in [-0.4, -0.2) is 52.3 Å². The first kappa shape index (κ1) is 21.7. The van der Waals surface area contributed by atoms with E-state index in [1.165, 1.54) is 0 Å². The third kappa shape index (κ3) is 4.16. The molecule has 1 aliphatic rings. The van der Waals surface area contributed by atoms with Gasteiger partial charge in [0.15, 0.2) is 5.78 Å². The summed E-state index contributed by atoms with van der Waals surface area (Å²) < 4.78 is 9.96. The normalized spacial score (nSPS) is 15.6. The van der Waals surface area contributed by atoms with Crippen molar-refractivity contribution in [3.05, 3.63) is 71.0 Å².